The standard InChI is InChI=1S/C23H29NO4/c1-4-16-28-21-13-9-19(17-22(21)27-3)10-14-23(25)24-15-5-6-18-7-11-20(26-2)12-8-18/h7-14,17H,4-6,15-16H2,1-3H3,(H,24,25). The second-order valence-electron chi connectivity index (χ2n) is 6.33. The molecule has 1 N–H and O–H groups in total. The third-order valence-electron chi connectivity index (χ3n) is 4.18. The zero-order valence-corrected chi connectivity index (χ0v) is 16.9. The van der Waals surface area contributed by atoms with Crippen molar-refractivity contribution in [1.29, 1.82) is 0 Å². The van der Waals surface area contributed by atoms with Crippen LogP contribution >= 0.6 is 0 Å². The Balaban J connectivity index is 1.77. The summed E-state index contributed by atoms with van der Waals surface area (Å²) < 4.78 is 16.1. The highest BCUT2D eigenvalue weighted by atomic mass is 16.5. The Morgan fingerprint density at radius 2 is 1.82 bits per heavy atom. The van der Waals surface area contributed by atoms with Crippen LogP contribution in [0.25, 0.3) is 6.08 Å². The Bertz CT molecular complexity index is 769. The Labute approximate surface area is 167 Å². The van der Waals surface area contributed by atoms with Crippen LogP contribution in [-0.2, 0) is 11.2 Å². The number of hydrogen-bond acceptors (Lipinski definition) is 4. The van der Waals surface area contributed by atoms with Gasteiger partial charge in [0.2, 0.25) is 5.91 Å². The monoisotopic (exact) mass is 383 g/mol. The third-order valence-corrected chi connectivity index (χ3v) is 4.18. The molecule has 2 aromatic carbocycles. The molecule has 1 amide bonds. The Hall–Kier alpha value is -2.95. The van der Waals surface area contributed by atoms with E-state index in [1.807, 2.05) is 42.5 Å². The van der Waals surface area contributed by atoms with Gasteiger partial charge in [0.25, 0.3) is 0 Å². The third kappa shape index (κ3) is 6.99. The van der Waals surface area contributed by atoms with E-state index >= 15 is 0 Å². The first-order valence-electron chi connectivity index (χ1n) is 9.56. The lowest BCUT2D eigenvalue weighted by Gasteiger charge is -2.10. The molecule has 0 spiro atoms. The molecule has 0 aliphatic heterocycles. The van der Waals surface area contributed by atoms with E-state index in [0.717, 1.165) is 30.6 Å². The van der Waals surface area contributed by atoms with Crippen LogP contribution in [0.3, 0.4) is 0 Å². The van der Waals surface area contributed by atoms with Crippen LogP contribution in [0.1, 0.15) is 30.9 Å². The maximum Gasteiger partial charge on any atom is 0.243 e. The minimum absolute atomic E-state index is 0.111. The van der Waals surface area contributed by atoms with E-state index in [2.05, 4.69) is 12.2 Å². The molecule has 0 aromatic heterocycles. The molecule has 150 valence electrons. The molecule has 0 bridgehead atoms. The van der Waals surface area contributed by atoms with Crippen molar-refractivity contribution in [2.24, 2.45) is 0 Å². The number of rotatable bonds is 11. The van der Waals surface area contributed by atoms with E-state index in [1.54, 1.807) is 20.3 Å². The summed E-state index contributed by atoms with van der Waals surface area (Å²) in [5, 5.41) is 2.91. The summed E-state index contributed by atoms with van der Waals surface area (Å²) in [5.41, 5.74) is 2.11. The van der Waals surface area contributed by atoms with Gasteiger partial charge in [-0.05, 0) is 60.7 Å². The van der Waals surface area contributed by atoms with Crippen molar-refractivity contribution in [2.45, 2.75) is 26.2 Å². The lowest BCUT2D eigenvalue weighted by atomic mass is 10.1. The Morgan fingerprint density at radius 3 is 2.50 bits per heavy atom. The number of hydrogen-bond donors (Lipinski definition) is 1. The summed E-state index contributed by atoms with van der Waals surface area (Å²) >= 11 is 0. The van der Waals surface area contributed by atoms with Gasteiger partial charge < -0.3 is 19.5 Å². The summed E-state index contributed by atoms with van der Waals surface area (Å²) in [4.78, 5) is 12.0. The fourth-order valence-electron chi connectivity index (χ4n) is 2.65. The summed E-state index contributed by atoms with van der Waals surface area (Å²) in [6.45, 7) is 3.33. The number of benzene rings is 2. The van der Waals surface area contributed by atoms with Crippen molar-refractivity contribution >= 4 is 12.0 Å². The normalized spacial score (nSPS) is 10.7. The molecule has 0 aliphatic carbocycles. The predicted molar refractivity (Wildman–Crippen MR) is 112 cm³/mol. The SMILES string of the molecule is CCCOc1ccc(C=CC(=O)NCCCc2ccc(OC)cc2)cc1OC. The van der Waals surface area contributed by atoms with Crippen LogP contribution in [0.2, 0.25) is 0 Å². The van der Waals surface area contributed by atoms with Gasteiger partial charge in [0.05, 0.1) is 20.8 Å². The van der Waals surface area contributed by atoms with Crippen molar-refractivity contribution in [1.82, 2.24) is 5.32 Å². The molecule has 0 heterocycles. The second kappa shape index (κ2) is 11.7. The van der Waals surface area contributed by atoms with Gasteiger partial charge >= 0.3 is 0 Å². The van der Waals surface area contributed by atoms with Crippen molar-refractivity contribution in [3.8, 4) is 17.2 Å². The molecule has 0 radical (unpaired) electrons. The van der Waals surface area contributed by atoms with Crippen LogP contribution in [0.15, 0.2) is 48.5 Å². The fraction of sp³-hybridized carbons (Fsp3) is 0.348. The average Bonchev–Trinajstić information content (AvgIpc) is 2.74. The smallest absolute Gasteiger partial charge is 0.243 e. The quantitative estimate of drug-likeness (QED) is 0.465. The first kappa shape index (κ1) is 21.4. The average molecular weight is 383 g/mol. The maximum atomic E-state index is 12.0. The summed E-state index contributed by atoms with van der Waals surface area (Å²) in [5.74, 6) is 2.11. The summed E-state index contributed by atoms with van der Waals surface area (Å²) in [7, 11) is 3.26. The van der Waals surface area contributed by atoms with Crippen LogP contribution in [0, 0.1) is 0 Å². The topological polar surface area (TPSA) is 56.8 Å². The highest BCUT2D eigenvalue weighted by Crippen LogP contribution is 2.28. The van der Waals surface area contributed by atoms with Crippen molar-refractivity contribution in [3.63, 3.8) is 0 Å². The number of carbonyl (C=O) groups is 1. The van der Waals surface area contributed by atoms with E-state index in [0.29, 0.717) is 24.7 Å². The molecule has 0 aliphatic rings. The fourth-order valence-corrected chi connectivity index (χ4v) is 2.65. The minimum Gasteiger partial charge on any atom is -0.497 e. The van der Waals surface area contributed by atoms with Crippen LogP contribution in [-0.4, -0.2) is 33.3 Å². The molecule has 5 nitrogen and oxygen atoms in total. The molecule has 0 atom stereocenters. The molecule has 0 saturated heterocycles. The number of ether oxygens (including phenoxy) is 3. The first-order valence-corrected chi connectivity index (χ1v) is 9.56. The van der Waals surface area contributed by atoms with Gasteiger partial charge in [-0.2, -0.15) is 0 Å². The molecule has 28 heavy (non-hydrogen) atoms. The molecule has 0 unspecified atom stereocenters. The first-order chi connectivity index (χ1) is 13.7. The van der Waals surface area contributed by atoms with E-state index in [9.17, 15) is 4.79 Å². The number of carbonyl (C=O) groups excluding carboxylic acids is 1. The largest absolute Gasteiger partial charge is 0.497 e. The number of nitrogens with one attached hydrogen (secondary N) is 1. The van der Waals surface area contributed by atoms with Crippen LogP contribution < -0.4 is 19.5 Å². The molecule has 5 heteroatoms. The van der Waals surface area contributed by atoms with Crippen LogP contribution in [0.4, 0.5) is 0 Å². The number of methoxy groups -OCH3 is 2. The molecular weight excluding hydrogens is 354 g/mol. The zero-order chi connectivity index (χ0) is 20.2. The summed E-state index contributed by atoms with van der Waals surface area (Å²) in [6.07, 6.45) is 6.02. The highest BCUT2D eigenvalue weighted by molar-refractivity contribution is 5.91. The van der Waals surface area contributed by atoms with E-state index in [-0.39, 0.29) is 5.91 Å². The lowest BCUT2D eigenvalue weighted by molar-refractivity contribution is -0.116. The molecular formula is C23H29NO4. The van der Waals surface area contributed by atoms with Gasteiger partial charge in [0, 0.05) is 12.6 Å². The van der Waals surface area contributed by atoms with Gasteiger partial charge in [-0.15, -0.1) is 0 Å². The number of aryl methyl sites for hydroxylation is 1. The Kier molecular flexibility index (Phi) is 8.92. The van der Waals surface area contributed by atoms with Crippen LogP contribution in [0.5, 0.6) is 17.2 Å². The zero-order valence-electron chi connectivity index (χ0n) is 16.9. The van der Waals surface area contributed by atoms with Gasteiger partial charge in [0.15, 0.2) is 11.5 Å². The number of amides is 1. The van der Waals surface area contributed by atoms with E-state index in [4.69, 9.17) is 14.2 Å². The minimum atomic E-state index is -0.111. The van der Waals surface area contributed by atoms with E-state index in [1.165, 1.54) is 11.6 Å². The molecule has 2 aromatic rings. The molecule has 0 fully saturated rings. The van der Waals surface area contributed by atoms with Crippen molar-refractivity contribution < 1.29 is 19.0 Å². The van der Waals surface area contributed by atoms with Crippen molar-refractivity contribution in [3.05, 3.63) is 59.7 Å². The van der Waals surface area contributed by atoms with Gasteiger partial charge in [-0.1, -0.05) is 25.1 Å². The lowest BCUT2D eigenvalue weighted by Crippen LogP contribution is -2.22. The molecule has 0 saturated carbocycles. The maximum absolute atomic E-state index is 12.0. The van der Waals surface area contributed by atoms with Crippen molar-refractivity contribution in [2.75, 3.05) is 27.4 Å². The molecule has 2 rings (SSSR count). The Morgan fingerprint density at radius 1 is 1.04 bits per heavy atom. The second-order valence-corrected chi connectivity index (χ2v) is 6.33. The van der Waals surface area contributed by atoms with Gasteiger partial charge in [0.1, 0.15) is 5.75 Å². The summed E-state index contributed by atoms with van der Waals surface area (Å²) in [6, 6.07) is 13.6. The highest BCUT2D eigenvalue weighted by Gasteiger charge is 2.04. The predicted octanol–water partition coefficient (Wildman–Crippen LogP) is 4.25. The van der Waals surface area contributed by atoms with Gasteiger partial charge in [-0.3, -0.25) is 4.79 Å². The van der Waals surface area contributed by atoms with E-state index < -0.39 is 0 Å². The van der Waals surface area contributed by atoms with Gasteiger partial charge in [-0.25, -0.2) is 0 Å².